The summed E-state index contributed by atoms with van der Waals surface area (Å²) >= 11 is 0. The van der Waals surface area contributed by atoms with Crippen molar-refractivity contribution in [3.8, 4) is 0 Å². The minimum atomic E-state index is 0.0473. The summed E-state index contributed by atoms with van der Waals surface area (Å²) in [5.41, 5.74) is 2.03. The maximum Gasteiger partial charge on any atom is 0.134 e. The van der Waals surface area contributed by atoms with E-state index in [1.165, 1.54) is 0 Å². The van der Waals surface area contributed by atoms with Crippen LogP contribution in [0, 0.1) is 0 Å². The lowest BCUT2D eigenvalue weighted by Crippen LogP contribution is -2.21. The molecule has 1 unspecified atom stereocenters. The van der Waals surface area contributed by atoms with E-state index < -0.39 is 0 Å². The second-order valence-corrected chi connectivity index (χ2v) is 4.62. The zero-order valence-electron chi connectivity index (χ0n) is 11.1. The number of hydrogen-bond acceptors (Lipinski definition) is 3. The van der Waals surface area contributed by atoms with Crippen LogP contribution in [0.3, 0.4) is 0 Å². The molecule has 1 atom stereocenters. The summed E-state index contributed by atoms with van der Waals surface area (Å²) in [4.78, 5) is 0. The normalized spacial score (nSPS) is 12.9. The molecular formula is C15H17N3O. The standard InChI is InChI=1S/C15H17N3O/c1-3-16-15(12-9-17-18(2)10-12)14-8-11-6-4-5-7-13(11)19-14/h4-10,15-16H,3H2,1-2H3. The van der Waals surface area contributed by atoms with Crippen molar-refractivity contribution in [2.24, 2.45) is 7.05 Å². The van der Waals surface area contributed by atoms with E-state index >= 15 is 0 Å². The van der Waals surface area contributed by atoms with Crippen molar-refractivity contribution in [2.75, 3.05) is 6.54 Å². The molecule has 4 nitrogen and oxygen atoms in total. The van der Waals surface area contributed by atoms with Crippen molar-refractivity contribution >= 4 is 11.0 Å². The van der Waals surface area contributed by atoms with Crippen molar-refractivity contribution in [3.63, 3.8) is 0 Å². The van der Waals surface area contributed by atoms with E-state index in [-0.39, 0.29) is 6.04 Å². The van der Waals surface area contributed by atoms with Crippen molar-refractivity contribution in [2.45, 2.75) is 13.0 Å². The molecule has 98 valence electrons. The third-order valence-corrected chi connectivity index (χ3v) is 3.20. The molecule has 0 aliphatic heterocycles. The predicted octanol–water partition coefficient (Wildman–Crippen LogP) is 2.87. The van der Waals surface area contributed by atoms with Crippen molar-refractivity contribution in [3.05, 3.63) is 54.0 Å². The van der Waals surface area contributed by atoms with Crippen LogP contribution in [-0.2, 0) is 7.05 Å². The van der Waals surface area contributed by atoms with Crippen LogP contribution >= 0.6 is 0 Å². The zero-order chi connectivity index (χ0) is 13.2. The van der Waals surface area contributed by atoms with Gasteiger partial charge in [0.2, 0.25) is 0 Å². The molecule has 0 saturated carbocycles. The molecule has 0 amide bonds. The molecule has 2 aromatic heterocycles. The number of nitrogens with zero attached hydrogens (tertiary/aromatic N) is 2. The lowest BCUT2D eigenvalue weighted by molar-refractivity contribution is 0.477. The van der Waals surface area contributed by atoms with E-state index in [2.05, 4.69) is 29.5 Å². The molecule has 0 saturated heterocycles. The minimum Gasteiger partial charge on any atom is -0.459 e. The summed E-state index contributed by atoms with van der Waals surface area (Å²) in [6.07, 6.45) is 3.89. The SMILES string of the molecule is CCNC(c1cnn(C)c1)c1cc2ccccc2o1. The van der Waals surface area contributed by atoms with Crippen LogP contribution in [0.1, 0.15) is 24.3 Å². The summed E-state index contributed by atoms with van der Waals surface area (Å²) in [5.74, 6) is 0.927. The number of aryl methyl sites for hydroxylation is 1. The number of benzene rings is 1. The van der Waals surface area contributed by atoms with Gasteiger partial charge in [0.25, 0.3) is 0 Å². The van der Waals surface area contributed by atoms with Crippen LogP contribution < -0.4 is 5.32 Å². The highest BCUT2D eigenvalue weighted by atomic mass is 16.3. The van der Waals surface area contributed by atoms with Crippen LogP contribution in [-0.4, -0.2) is 16.3 Å². The highest BCUT2D eigenvalue weighted by Gasteiger charge is 2.18. The lowest BCUT2D eigenvalue weighted by atomic mass is 10.1. The molecule has 1 N–H and O–H groups in total. The Morgan fingerprint density at radius 1 is 1.37 bits per heavy atom. The number of nitrogens with one attached hydrogen (secondary N) is 1. The second-order valence-electron chi connectivity index (χ2n) is 4.62. The van der Waals surface area contributed by atoms with Gasteiger partial charge in [-0.25, -0.2) is 0 Å². The Morgan fingerprint density at radius 3 is 2.89 bits per heavy atom. The summed E-state index contributed by atoms with van der Waals surface area (Å²) < 4.78 is 7.75. The van der Waals surface area contributed by atoms with E-state index in [1.807, 2.05) is 42.3 Å². The summed E-state index contributed by atoms with van der Waals surface area (Å²) in [5, 5.41) is 8.81. The highest BCUT2D eigenvalue weighted by Crippen LogP contribution is 2.27. The van der Waals surface area contributed by atoms with Gasteiger partial charge in [0, 0.05) is 24.2 Å². The largest absolute Gasteiger partial charge is 0.459 e. The van der Waals surface area contributed by atoms with Gasteiger partial charge in [0.1, 0.15) is 11.3 Å². The molecule has 0 aliphatic rings. The Balaban J connectivity index is 2.03. The fourth-order valence-electron chi connectivity index (χ4n) is 2.32. The summed E-state index contributed by atoms with van der Waals surface area (Å²) in [6, 6.07) is 10.2. The van der Waals surface area contributed by atoms with E-state index in [0.29, 0.717) is 0 Å². The summed E-state index contributed by atoms with van der Waals surface area (Å²) in [7, 11) is 1.92. The zero-order valence-corrected chi connectivity index (χ0v) is 11.1. The van der Waals surface area contributed by atoms with Crippen LogP contribution in [0.5, 0.6) is 0 Å². The molecule has 19 heavy (non-hydrogen) atoms. The number of para-hydroxylation sites is 1. The van der Waals surface area contributed by atoms with E-state index in [4.69, 9.17) is 4.42 Å². The van der Waals surface area contributed by atoms with Gasteiger partial charge in [-0.1, -0.05) is 25.1 Å². The van der Waals surface area contributed by atoms with Gasteiger partial charge in [0.05, 0.1) is 12.2 Å². The Hall–Kier alpha value is -2.07. The summed E-state index contributed by atoms with van der Waals surface area (Å²) in [6.45, 7) is 2.96. The van der Waals surface area contributed by atoms with Crippen LogP contribution in [0.4, 0.5) is 0 Å². The van der Waals surface area contributed by atoms with Gasteiger partial charge in [-0.15, -0.1) is 0 Å². The minimum absolute atomic E-state index is 0.0473. The van der Waals surface area contributed by atoms with Gasteiger partial charge in [0.15, 0.2) is 0 Å². The Labute approximate surface area is 112 Å². The van der Waals surface area contributed by atoms with Gasteiger partial charge >= 0.3 is 0 Å². The van der Waals surface area contributed by atoms with Crippen molar-refractivity contribution in [1.82, 2.24) is 15.1 Å². The van der Waals surface area contributed by atoms with Gasteiger partial charge in [-0.05, 0) is 18.7 Å². The molecule has 4 heteroatoms. The molecule has 0 spiro atoms. The Morgan fingerprint density at radius 2 is 2.21 bits per heavy atom. The molecule has 0 aliphatic carbocycles. The average Bonchev–Trinajstić information content (AvgIpc) is 3.01. The smallest absolute Gasteiger partial charge is 0.134 e. The topological polar surface area (TPSA) is 43.0 Å². The molecule has 1 aromatic carbocycles. The number of rotatable bonds is 4. The Bertz CT molecular complexity index is 650. The number of furan rings is 1. The highest BCUT2D eigenvalue weighted by molar-refractivity contribution is 5.77. The van der Waals surface area contributed by atoms with Gasteiger partial charge < -0.3 is 9.73 Å². The van der Waals surface area contributed by atoms with Crippen LogP contribution in [0.2, 0.25) is 0 Å². The predicted molar refractivity (Wildman–Crippen MR) is 74.9 cm³/mol. The third kappa shape index (κ3) is 2.27. The van der Waals surface area contributed by atoms with Gasteiger partial charge in [-0.3, -0.25) is 4.68 Å². The third-order valence-electron chi connectivity index (χ3n) is 3.20. The molecule has 0 radical (unpaired) electrons. The van der Waals surface area contributed by atoms with E-state index in [9.17, 15) is 0 Å². The van der Waals surface area contributed by atoms with E-state index in [1.54, 1.807) is 0 Å². The lowest BCUT2D eigenvalue weighted by Gasteiger charge is -2.13. The number of fused-ring (bicyclic) bond motifs is 1. The van der Waals surface area contributed by atoms with Gasteiger partial charge in [-0.2, -0.15) is 5.10 Å². The molecule has 0 fully saturated rings. The maximum absolute atomic E-state index is 5.95. The number of aromatic nitrogens is 2. The average molecular weight is 255 g/mol. The molecule has 0 bridgehead atoms. The molecule has 3 rings (SSSR count). The molecule has 3 aromatic rings. The fourth-order valence-corrected chi connectivity index (χ4v) is 2.32. The second kappa shape index (κ2) is 4.90. The molecular weight excluding hydrogens is 238 g/mol. The first-order chi connectivity index (χ1) is 9.28. The Kier molecular flexibility index (Phi) is 3.09. The number of hydrogen-bond donors (Lipinski definition) is 1. The first kappa shape index (κ1) is 12.0. The molecule has 2 heterocycles. The van der Waals surface area contributed by atoms with Crippen molar-refractivity contribution < 1.29 is 4.42 Å². The monoisotopic (exact) mass is 255 g/mol. The maximum atomic E-state index is 5.95. The first-order valence-electron chi connectivity index (χ1n) is 6.48. The van der Waals surface area contributed by atoms with E-state index in [0.717, 1.165) is 28.8 Å². The van der Waals surface area contributed by atoms with Crippen LogP contribution in [0.15, 0.2) is 47.1 Å². The fraction of sp³-hybridized carbons (Fsp3) is 0.267. The van der Waals surface area contributed by atoms with Crippen molar-refractivity contribution in [1.29, 1.82) is 0 Å². The van der Waals surface area contributed by atoms with Crippen LogP contribution in [0.25, 0.3) is 11.0 Å². The quantitative estimate of drug-likeness (QED) is 0.779. The first-order valence-corrected chi connectivity index (χ1v) is 6.48.